The lowest BCUT2D eigenvalue weighted by Crippen LogP contribution is -2.20. The fourth-order valence-corrected chi connectivity index (χ4v) is 2.25. The van der Waals surface area contributed by atoms with Crippen LogP contribution in [0, 0.1) is 5.82 Å². The monoisotopic (exact) mass is 329 g/mol. The highest BCUT2D eigenvalue weighted by Gasteiger charge is 2.18. The standard InChI is InChI=1S/C15H16FN7O/c1-2-24-13-7-10(16)3-4-12(13)23(9-11-8-19-22-21-11)14-5-6-18-15(17)20-14/h3-8H,2,9H2,1H3,(H2,17,18,20)(H,19,21,22). The van der Waals surface area contributed by atoms with Gasteiger partial charge in [0.05, 0.1) is 25.0 Å². The highest BCUT2D eigenvalue weighted by atomic mass is 19.1. The lowest BCUT2D eigenvalue weighted by atomic mass is 10.2. The molecule has 2 aromatic heterocycles. The molecule has 9 heteroatoms. The van der Waals surface area contributed by atoms with Crippen molar-refractivity contribution in [3.05, 3.63) is 48.2 Å². The summed E-state index contributed by atoms with van der Waals surface area (Å²) in [4.78, 5) is 9.95. The number of nitrogen functional groups attached to an aromatic ring is 1. The Balaban J connectivity index is 2.07. The second kappa shape index (κ2) is 6.90. The second-order valence-electron chi connectivity index (χ2n) is 4.87. The number of ether oxygens (including phenoxy) is 1. The van der Waals surface area contributed by atoms with Gasteiger partial charge in [0.1, 0.15) is 23.1 Å². The number of anilines is 3. The lowest BCUT2D eigenvalue weighted by molar-refractivity contribution is 0.339. The van der Waals surface area contributed by atoms with E-state index in [9.17, 15) is 4.39 Å². The highest BCUT2D eigenvalue weighted by molar-refractivity contribution is 5.67. The molecule has 0 fully saturated rings. The van der Waals surface area contributed by atoms with Crippen LogP contribution in [0.4, 0.5) is 21.8 Å². The molecule has 24 heavy (non-hydrogen) atoms. The Hall–Kier alpha value is -3.23. The normalized spacial score (nSPS) is 10.6. The number of hydrogen-bond donors (Lipinski definition) is 2. The van der Waals surface area contributed by atoms with E-state index in [1.165, 1.54) is 12.1 Å². The van der Waals surface area contributed by atoms with Crippen LogP contribution in [-0.2, 0) is 6.54 Å². The Morgan fingerprint density at radius 3 is 2.92 bits per heavy atom. The molecule has 0 aliphatic rings. The Morgan fingerprint density at radius 2 is 2.21 bits per heavy atom. The summed E-state index contributed by atoms with van der Waals surface area (Å²) >= 11 is 0. The fourth-order valence-electron chi connectivity index (χ4n) is 2.25. The molecule has 0 amide bonds. The zero-order valence-corrected chi connectivity index (χ0v) is 13.0. The molecule has 2 heterocycles. The Labute approximate surface area is 137 Å². The number of H-pyrrole nitrogens is 1. The van der Waals surface area contributed by atoms with Crippen molar-refractivity contribution in [1.82, 2.24) is 25.4 Å². The predicted octanol–water partition coefficient (Wildman–Crippen LogP) is 2.05. The third-order valence-electron chi connectivity index (χ3n) is 3.23. The minimum absolute atomic E-state index is 0.137. The SMILES string of the molecule is CCOc1cc(F)ccc1N(Cc1cn[nH]n1)c1ccnc(N)n1. The summed E-state index contributed by atoms with van der Waals surface area (Å²) in [6.45, 7) is 2.58. The van der Waals surface area contributed by atoms with E-state index in [0.29, 0.717) is 36.1 Å². The van der Waals surface area contributed by atoms with Gasteiger partial charge in [0, 0.05) is 12.3 Å². The number of nitrogens with zero attached hydrogens (tertiary/aromatic N) is 5. The zero-order chi connectivity index (χ0) is 16.9. The van der Waals surface area contributed by atoms with Gasteiger partial charge in [-0.25, -0.2) is 9.37 Å². The number of benzene rings is 1. The third-order valence-corrected chi connectivity index (χ3v) is 3.23. The fraction of sp³-hybridized carbons (Fsp3) is 0.200. The van der Waals surface area contributed by atoms with Gasteiger partial charge in [-0.15, -0.1) is 0 Å². The molecule has 124 valence electrons. The van der Waals surface area contributed by atoms with Gasteiger partial charge >= 0.3 is 0 Å². The summed E-state index contributed by atoms with van der Waals surface area (Å²) in [7, 11) is 0. The first-order chi connectivity index (χ1) is 11.7. The summed E-state index contributed by atoms with van der Waals surface area (Å²) in [5.41, 5.74) is 7.01. The van der Waals surface area contributed by atoms with E-state index < -0.39 is 0 Å². The van der Waals surface area contributed by atoms with Crippen molar-refractivity contribution in [2.45, 2.75) is 13.5 Å². The molecule has 8 nitrogen and oxygen atoms in total. The molecule has 3 aromatic rings. The van der Waals surface area contributed by atoms with Crippen LogP contribution in [-0.4, -0.2) is 32.0 Å². The predicted molar refractivity (Wildman–Crippen MR) is 86.2 cm³/mol. The molecule has 3 N–H and O–H groups in total. The van der Waals surface area contributed by atoms with Crippen LogP contribution in [0.15, 0.2) is 36.7 Å². The highest BCUT2D eigenvalue weighted by Crippen LogP contribution is 2.34. The topological polar surface area (TPSA) is 106 Å². The van der Waals surface area contributed by atoms with Gasteiger partial charge in [-0.1, -0.05) is 0 Å². The maximum atomic E-state index is 13.6. The number of rotatable bonds is 6. The number of hydrogen-bond acceptors (Lipinski definition) is 7. The number of aromatic amines is 1. The van der Waals surface area contributed by atoms with Gasteiger partial charge < -0.3 is 15.4 Å². The van der Waals surface area contributed by atoms with Crippen LogP contribution in [0.5, 0.6) is 5.75 Å². The maximum absolute atomic E-state index is 13.6. The smallest absolute Gasteiger partial charge is 0.221 e. The first kappa shape index (κ1) is 15.7. The average Bonchev–Trinajstić information content (AvgIpc) is 3.07. The van der Waals surface area contributed by atoms with Gasteiger partial charge in [-0.05, 0) is 25.1 Å². The average molecular weight is 329 g/mol. The van der Waals surface area contributed by atoms with Crippen molar-refractivity contribution < 1.29 is 9.13 Å². The maximum Gasteiger partial charge on any atom is 0.221 e. The van der Waals surface area contributed by atoms with E-state index in [2.05, 4.69) is 25.4 Å². The van der Waals surface area contributed by atoms with E-state index in [1.807, 2.05) is 6.92 Å². The summed E-state index contributed by atoms with van der Waals surface area (Å²) in [5, 5.41) is 10.4. The molecule has 0 radical (unpaired) electrons. The molecular formula is C15H16FN7O. The molecule has 0 spiro atoms. The van der Waals surface area contributed by atoms with Crippen LogP contribution in [0.25, 0.3) is 0 Å². The van der Waals surface area contributed by atoms with E-state index in [-0.39, 0.29) is 11.8 Å². The molecular weight excluding hydrogens is 313 g/mol. The summed E-state index contributed by atoms with van der Waals surface area (Å²) in [5.74, 6) is 0.694. The van der Waals surface area contributed by atoms with Gasteiger partial charge in [-0.2, -0.15) is 20.4 Å². The minimum atomic E-state index is -0.384. The summed E-state index contributed by atoms with van der Waals surface area (Å²) in [6.07, 6.45) is 3.15. The summed E-state index contributed by atoms with van der Waals surface area (Å²) in [6, 6.07) is 6.02. The van der Waals surface area contributed by atoms with Crippen molar-refractivity contribution in [2.24, 2.45) is 0 Å². The molecule has 0 aliphatic heterocycles. The van der Waals surface area contributed by atoms with Crippen LogP contribution in [0.2, 0.25) is 0 Å². The number of nitrogens with one attached hydrogen (secondary N) is 1. The van der Waals surface area contributed by atoms with E-state index in [4.69, 9.17) is 10.5 Å². The number of nitrogens with two attached hydrogens (primary N) is 1. The van der Waals surface area contributed by atoms with E-state index >= 15 is 0 Å². The molecule has 0 saturated carbocycles. The van der Waals surface area contributed by atoms with E-state index in [1.54, 1.807) is 29.4 Å². The van der Waals surface area contributed by atoms with Crippen molar-refractivity contribution in [3.63, 3.8) is 0 Å². The van der Waals surface area contributed by atoms with Crippen LogP contribution < -0.4 is 15.4 Å². The van der Waals surface area contributed by atoms with Crippen molar-refractivity contribution >= 4 is 17.5 Å². The molecule has 0 atom stereocenters. The molecule has 0 unspecified atom stereocenters. The second-order valence-corrected chi connectivity index (χ2v) is 4.87. The molecule has 0 bridgehead atoms. The largest absolute Gasteiger partial charge is 0.492 e. The first-order valence-electron chi connectivity index (χ1n) is 7.30. The lowest BCUT2D eigenvalue weighted by Gasteiger charge is -2.25. The van der Waals surface area contributed by atoms with Crippen molar-refractivity contribution in [1.29, 1.82) is 0 Å². The van der Waals surface area contributed by atoms with Gasteiger partial charge in [-0.3, -0.25) is 0 Å². The molecule has 0 aliphatic carbocycles. The molecule has 1 aromatic carbocycles. The molecule has 3 rings (SSSR count). The zero-order valence-electron chi connectivity index (χ0n) is 13.0. The van der Waals surface area contributed by atoms with Crippen LogP contribution in [0.3, 0.4) is 0 Å². The Morgan fingerprint density at radius 1 is 1.33 bits per heavy atom. The van der Waals surface area contributed by atoms with Crippen molar-refractivity contribution in [3.8, 4) is 5.75 Å². The van der Waals surface area contributed by atoms with Gasteiger partial charge in [0.15, 0.2) is 0 Å². The first-order valence-corrected chi connectivity index (χ1v) is 7.30. The number of aromatic nitrogens is 5. The summed E-state index contributed by atoms with van der Waals surface area (Å²) < 4.78 is 19.2. The van der Waals surface area contributed by atoms with E-state index in [0.717, 1.165) is 0 Å². The molecule has 0 saturated heterocycles. The Bertz CT molecular complexity index is 809. The van der Waals surface area contributed by atoms with Crippen LogP contribution in [0.1, 0.15) is 12.6 Å². The number of halogens is 1. The quantitative estimate of drug-likeness (QED) is 0.713. The Kier molecular flexibility index (Phi) is 4.50. The van der Waals surface area contributed by atoms with Crippen molar-refractivity contribution in [2.75, 3.05) is 17.2 Å². The van der Waals surface area contributed by atoms with Gasteiger partial charge in [0.2, 0.25) is 5.95 Å². The minimum Gasteiger partial charge on any atom is -0.492 e. The van der Waals surface area contributed by atoms with Gasteiger partial charge in [0.25, 0.3) is 0 Å². The van der Waals surface area contributed by atoms with Crippen LogP contribution >= 0.6 is 0 Å². The third kappa shape index (κ3) is 3.40.